The van der Waals surface area contributed by atoms with E-state index >= 15 is 0 Å². The molecular weight excluding hydrogens is 188 g/mol. The van der Waals surface area contributed by atoms with Gasteiger partial charge in [-0.2, -0.15) is 0 Å². The van der Waals surface area contributed by atoms with Gasteiger partial charge in [-0.15, -0.1) is 0 Å². The molecule has 0 saturated heterocycles. The molecule has 82 valence electrons. The van der Waals surface area contributed by atoms with Crippen LogP contribution in [-0.2, 0) is 6.42 Å². The molecule has 0 aromatic carbocycles. The maximum Gasteiger partial charge on any atom is 0.251 e. The number of aromatic nitrogens is 2. The summed E-state index contributed by atoms with van der Waals surface area (Å²) in [7, 11) is 0. The fraction of sp³-hybridized carbons (Fsp3) is 0.667. The van der Waals surface area contributed by atoms with Crippen LogP contribution in [0.15, 0.2) is 10.9 Å². The van der Waals surface area contributed by atoms with E-state index in [1.165, 1.54) is 6.42 Å². The molecule has 15 heavy (non-hydrogen) atoms. The molecule has 2 unspecified atom stereocenters. The fourth-order valence-corrected chi connectivity index (χ4v) is 2.36. The highest BCUT2D eigenvalue weighted by Gasteiger charge is 2.24. The SMILES string of the molecule is CCc1cc(=O)[nH]c(C2CCC(C)C2)n1. The van der Waals surface area contributed by atoms with Gasteiger partial charge in [-0.3, -0.25) is 4.79 Å². The van der Waals surface area contributed by atoms with Crippen LogP contribution in [-0.4, -0.2) is 9.97 Å². The van der Waals surface area contributed by atoms with Gasteiger partial charge in [0.25, 0.3) is 5.56 Å². The van der Waals surface area contributed by atoms with Gasteiger partial charge < -0.3 is 4.98 Å². The second kappa shape index (κ2) is 4.17. The van der Waals surface area contributed by atoms with Crippen LogP contribution in [0.25, 0.3) is 0 Å². The number of aryl methyl sites for hydroxylation is 1. The van der Waals surface area contributed by atoms with Crippen molar-refractivity contribution in [3.05, 3.63) is 27.9 Å². The molecule has 2 rings (SSSR count). The quantitative estimate of drug-likeness (QED) is 0.806. The molecule has 2 atom stereocenters. The maximum atomic E-state index is 11.4. The summed E-state index contributed by atoms with van der Waals surface area (Å²) in [5, 5.41) is 0. The number of nitrogens with zero attached hydrogens (tertiary/aromatic N) is 1. The molecule has 0 aliphatic heterocycles. The minimum absolute atomic E-state index is 0.00333. The maximum absolute atomic E-state index is 11.4. The molecule has 0 radical (unpaired) electrons. The van der Waals surface area contributed by atoms with Crippen LogP contribution < -0.4 is 5.56 Å². The zero-order valence-electron chi connectivity index (χ0n) is 9.42. The van der Waals surface area contributed by atoms with E-state index in [0.29, 0.717) is 5.92 Å². The zero-order valence-corrected chi connectivity index (χ0v) is 9.42. The Bertz CT molecular complexity index is 397. The van der Waals surface area contributed by atoms with Crippen LogP contribution in [0.4, 0.5) is 0 Å². The molecule has 0 amide bonds. The summed E-state index contributed by atoms with van der Waals surface area (Å²) in [6.45, 7) is 4.30. The van der Waals surface area contributed by atoms with Crippen molar-refractivity contribution in [2.24, 2.45) is 5.92 Å². The second-order valence-corrected chi connectivity index (χ2v) is 4.59. The van der Waals surface area contributed by atoms with Crippen LogP contribution in [0.3, 0.4) is 0 Å². The molecule has 3 heteroatoms. The molecule has 1 aromatic rings. The third-order valence-corrected chi connectivity index (χ3v) is 3.26. The standard InChI is InChI=1S/C12H18N2O/c1-3-10-7-11(15)14-12(13-10)9-5-4-8(2)6-9/h7-9H,3-6H2,1-2H3,(H,13,14,15). The van der Waals surface area contributed by atoms with Crippen LogP contribution in [0.1, 0.15) is 50.5 Å². The Balaban J connectivity index is 2.28. The lowest BCUT2D eigenvalue weighted by atomic mass is 10.1. The highest BCUT2D eigenvalue weighted by atomic mass is 16.1. The van der Waals surface area contributed by atoms with E-state index in [9.17, 15) is 4.79 Å². The van der Waals surface area contributed by atoms with Gasteiger partial charge in [0.1, 0.15) is 5.82 Å². The van der Waals surface area contributed by atoms with E-state index in [2.05, 4.69) is 16.9 Å². The molecule has 1 saturated carbocycles. The third-order valence-electron chi connectivity index (χ3n) is 3.26. The van der Waals surface area contributed by atoms with Gasteiger partial charge in [0.05, 0.1) is 0 Å². The Morgan fingerprint density at radius 2 is 2.33 bits per heavy atom. The van der Waals surface area contributed by atoms with Crippen LogP contribution in [0.5, 0.6) is 0 Å². The first-order valence-electron chi connectivity index (χ1n) is 5.79. The van der Waals surface area contributed by atoms with Crippen molar-refractivity contribution >= 4 is 0 Å². The highest BCUT2D eigenvalue weighted by Crippen LogP contribution is 2.35. The topological polar surface area (TPSA) is 45.8 Å². The fourth-order valence-electron chi connectivity index (χ4n) is 2.36. The largest absolute Gasteiger partial charge is 0.310 e. The first-order chi connectivity index (χ1) is 7.19. The van der Waals surface area contributed by atoms with E-state index in [4.69, 9.17) is 0 Å². The Morgan fingerprint density at radius 1 is 1.53 bits per heavy atom. The van der Waals surface area contributed by atoms with Crippen molar-refractivity contribution < 1.29 is 0 Å². The zero-order chi connectivity index (χ0) is 10.8. The van der Waals surface area contributed by atoms with Gasteiger partial charge in [0.2, 0.25) is 0 Å². The molecular formula is C12H18N2O. The van der Waals surface area contributed by atoms with Gasteiger partial charge in [-0.05, 0) is 31.6 Å². The Morgan fingerprint density at radius 3 is 2.93 bits per heavy atom. The molecule has 0 bridgehead atoms. The minimum Gasteiger partial charge on any atom is -0.310 e. The Hall–Kier alpha value is -1.12. The van der Waals surface area contributed by atoms with E-state index < -0.39 is 0 Å². The smallest absolute Gasteiger partial charge is 0.251 e. The Kier molecular flexibility index (Phi) is 2.89. The van der Waals surface area contributed by atoms with E-state index in [1.807, 2.05) is 6.92 Å². The normalized spacial score (nSPS) is 25.7. The number of hydrogen-bond donors (Lipinski definition) is 1. The minimum atomic E-state index is -0.00333. The number of rotatable bonds is 2. The molecule has 1 aliphatic rings. The molecule has 0 spiro atoms. The average molecular weight is 206 g/mol. The summed E-state index contributed by atoms with van der Waals surface area (Å²) in [5.41, 5.74) is 0.907. The number of nitrogens with one attached hydrogen (secondary N) is 1. The lowest BCUT2D eigenvalue weighted by Gasteiger charge is -2.09. The van der Waals surface area contributed by atoms with Crippen molar-refractivity contribution in [3.8, 4) is 0 Å². The molecule has 1 aliphatic carbocycles. The van der Waals surface area contributed by atoms with E-state index in [0.717, 1.165) is 36.7 Å². The van der Waals surface area contributed by atoms with Crippen LogP contribution in [0.2, 0.25) is 0 Å². The highest BCUT2D eigenvalue weighted by molar-refractivity contribution is 5.07. The first kappa shape index (κ1) is 10.4. The summed E-state index contributed by atoms with van der Waals surface area (Å²) in [5.74, 6) is 2.15. The number of hydrogen-bond acceptors (Lipinski definition) is 2. The molecule has 1 heterocycles. The molecule has 1 fully saturated rings. The van der Waals surface area contributed by atoms with Gasteiger partial charge in [-0.1, -0.05) is 13.8 Å². The molecule has 3 nitrogen and oxygen atoms in total. The lowest BCUT2D eigenvalue weighted by molar-refractivity contribution is 0.582. The van der Waals surface area contributed by atoms with E-state index in [1.54, 1.807) is 6.07 Å². The van der Waals surface area contributed by atoms with Crippen LogP contribution >= 0.6 is 0 Å². The molecule has 1 aromatic heterocycles. The van der Waals surface area contributed by atoms with Crippen molar-refractivity contribution in [2.45, 2.75) is 45.4 Å². The van der Waals surface area contributed by atoms with Crippen molar-refractivity contribution in [1.29, 1.82) is 0 Å². The summed E-state index contributed by atoms with van der Waals surface area (Å²) in [6, 6.07) is 1.60. The lowest BCUT2D eigenvalue weighted by Crippen LogP contribution is -2.14. The first-order valence-corrected chi connectivity index (χ1v) is 5.79. The average Bonchev–Trinajstić information content (AvgIpc) is 2.64. The van der Waals surface area contributed by atoms with Crippen LogP contribution in [0, 0.1) is 5.92 Å². The summed E-state index contributed by atoms with van der Waals surface area (Å²) in [4.78, 5) is 18.8. The second-order valence-electron chi connectivity index (χ2n) is 4.59. The predicted octanol–water partition coefficient (Wildman–Crippen LogP) is 2.24. The Labute approximate surface area is 89.9 Å². The predicted molar refractivity (Wildman–Crippen MR) is 60.0 cm³/mol. The number of aromatic amines is 1. The third kappa shape index (κ3) is 2.28. The van der Waals surface area contributed by atoms with Gasteiger partial charge in [0, 0.05) is 17.7 Å². The number of H-pyrrole nitrogens is 1. The van der Waals surface area contributed by atoms with Crippen molar-refractivity contribution in [1.82, 2.24) is 9.97 Å². The van der Waals surface area contributed by atoms with Gasteiger partial charge in [-0.25, -0.2) is 4.98 Å². The van der Waals surface area contributed by atoms with Gasteiger partial charge >= 0.3 is 0 Å². The monoisotopic (exact) mass is 206 g/mol. The van der Waals surface area contributed by atoms with Crippen molar-refractivity contribution in [3.63, 3.8) is 0 Å². The summed E-state index contributed by atoms with van der Waals surface area (Å²) < 4.78 is 0. The summed E-state index contributed by atoms with van der Waals surface area (Å²) >= 11 is 0. The molecule has 1 N–H and O–H groups in total. The van der Waals surface area contributed by atoms with Gasteiger partial charge in [0.15, 0.2) is 0 Å². The van der Waals surface area contributed by atoms with Crippen molar-refractivity contribution in [2.75, 3.05) is 0 Å². The van der Waals surface area contributed by atoms with E-state index in [-0.39, 0.29) is 5.56 Å². The summed E-state index contributed by atoms with van der Waals surface area (Å²) in [6.07, 6.45) is 4.41.